The highest BCUT2D eigenvalue weighted by Gasteiger charge is 2.32. The van der Waals surface area contributed by atoms with Crippen molar-refractivity contribution in [1.29, 1.82) is 0 Å². The summed E-state index contributed by atoms with van der Waals surface area (Å²) in [5.41, 5.74) is 3.70. The highest BCUT2D eigenvalue weighted by Crippen LogP contribution is 2.36. The minimum Gasteiger partial charge on any atom is -0.481 e. The van der Waals surface area contributed by atoms with Crippen molar-refractivity contribution in [2.45, 2.75) is 25.6 Å². The number of carboxylic acids is 1. The van der Waals surface area contributed by atoms with Gasteiger partial charge in [0.2, 0.25) is 0 Å². The quantitative estimate of drug-likeness (QED) is 0.230. The summed E-state index contributed by atoms with van der Waals surface area (Å²) in [4.78, 5) is 38.7. The van der Waals surface area contributed by atoms with Crippen LogP contribution in [0.4, 0.5) is 35.0 Å². The molecule has 4 aromatic carbocycles. The molecule has 0 saturated heterocycles. The summed E-state index contributed by atoms with van der Waals surface area (Å²) in [5.74, 6) is -1.96. The standard InChI is InChI=1S/C31H24F3N3O4/c1-18(29(39)40)25-7-2-3-8-27(25)37-17-21-15-20(11-14-26(21)28(37)38)19-9-12-23(13-10-19)35-30(41)36-24-6-4-5-22(16-24)31(32,33)34/h2-16,18H,17H2,1H3,(H,39,40)(H2,35,36,41)/t18-/m0/s1. The molecule has 41 heavy (non-hydrogen) atoms. The molecule has 10 heteroatoms. The van der Waals surface area contributed by atoms with Crippen LogP contribution in [-0.4, -0.2) is 23.0 Å². The Morgan fingerprint density at radius 2 is 1.54 bits per heavy atom. The summed E-state index contributed by atoms with van der Waals surface area (Å²) in [6.45, 7) is 1.88. The molecule has 3 N–H and O–H groups in total. The molecule has 0 saturated carbocycles. The molecule has 1 heterocycles. The summed E-state index contributed by atoms with van der Waals surface area (Å²) in [5, 5.41) is 14.5. The van der Waals surface area contributed by atoms with Crippen LogP contribution in [0.2, 0.25) is 0 Å². The third-order valence-corrected chi connectivity index (χ3v) is 6.90. The summed E-state index contributed by atoms with van der Waals surface area (Å²) >= 11 is 0. The van der Waals surface area contributed by atoms with Crippen LogP contribution in [0.25, 0.3) is 11.1 Å². The minimum atomic E-state index is -4.52. The summed E-state index contributed by atoms with van der Waals surface area (Å²) in [7, 11) is 0. The van der Waals surface area contributed by atoms with Gasteiger partial charge in [0.25, 0.3) is 5.91 Å². The van der Waals surface area contributed by atoms with Crippen LogP contribution >= 0.6 is 0 Å². The SMILES string of the molecule is C[C@H](C(=O)O)c1ccccc1N1Cc2cc(-c3ccc(NC(=O)Nc4cccc(C(F)(F)F)c4)cc3)ccc2C1=O. The van der Waals surface area contributed by atoms with Gasteiger partial charge >= 0.3 is 18.2 Å². The fraction of sp³-hybridized carbons (Fsp3) is 0.129. The van der Waals surface area contributed by atoms with Gasteiger partial charge in [-0.3, -0.25) is 9.59 Å². The summed E-state index contributed by atoms with van der Waals surface area (Å²) in [6, 6.07) is 23.0. The first-order valence-corrected chi connectivity index (χ1v) is 12.6. The van der Waals surface area contributed by atoms with Crippen molar-refractivity contribution in [3.8, 4) is 11.1 Å². The number of alkyl halides is 3. The number of carbonyl (C=O) groups excluding carboxylic acids is 2. The second-order valence-corrected chi connectivity index (χ2v) is 9.62. The third kappa shape index (κ3) is 5.76. The number of para-hydroxylation sites is 1. The van der Waals surface area contributed by atoms with Gasteiger partial charge in [0.1, 0.15) is 0 Å². The molecule has 3 amide bonds. The van der Waals surface area contributed by atoms with E-state index in [1.165, 1.54) is 12.1 Å². The zero-order chi connectivity index (χ0) is 29.3. The van der Waals surface area contributed by atoms with Crippen LogP contribution in [0, 0.1) is 0 Å². The summed E-state index contributed by atoms with van der Waals surface area (Å²) in [6.07, 6.45) is -4.52. The van der Waals surface area contributed by atoms with Crippen LogP contribution in [0.15, 0.2) is 91.0 Å². The molecule has 0 aliphatic carbocycles. The fourth-order valence-corrected chi connectivity index (χ4v) is 4.74. The molecule has 1 aliphatic rings. The van der Waals surface area contributed by atoms with Gasteiger partial charge in [-0.05, 0) is 77.7 Å². The van der Waals surface area contributed by atoms with E-state index in [1.54, 1.807) is 66.4 Å². The lowest BCUT2D eigenvalue weighted by atomic mass is 9.99. The highest BCUT2D eigenvalue weighted by molar-refractivity contribution is 6.11. The zero-order valence-corrected chi connectivity index (χ0v) is 21.7. The molecule has 0 spiro atoms. The number of benzene rings is 4. The molecule has 0 radical (unpaired) electrons. The molecule has 0 fully saturated rings. The number of carbonyl (C=O) groups is 3. The normalized spacial score (nSPS) is 13.5. The van der Waals surface area contributed by atoms with E-state index >= 15 is 0 Å². The number of halogens is 3. The van der Waals surface area contributed by atoms with Gasteiger partial charge in [0, 0.05) is 22.6 Å². The lowest BCUT2D eigenvalue weighted by molar-refractivity contribution is -0.138. The Balaban J connectivity index is 1.29. The number of urea groups is 1. The lowest BCUT2D eigenvalue weighted by Gasteiger charge is -2.21. The Bertz CT molecular complexity index is 1650. The van der Waals surface area contributed by atoms with E-state index in [9.17, 15) is 32.7 Å². The number of hydrogen-bond donors (Lipinski definition) is 3. The number of fused-ring (bicyclic) bond motifs is 1. The van der Waals surface area contributed by atoms with Gasteiger partial charge in [-0.15, -0.1) is 0 Å². The van der Waals surface area contributed by atoms with Crippen molar-refractivity contribution < 1.29 is 32.7 Å². The van der Waals surface area contributed by atoms with Gasteiger partial charge in [-0.25, -0.2) is 4.79 Å². The zero-order valence-electron chi connectivity index (χ0n) is 21.7. The second-order valence-electron chi connectivity index (χ2n) is 9.62. The first-order valence-electron chi connectivity index (χ1n) is 12.6. The maximum atomic E-state index is 13.2. The smallest absolute Gasteiger partial charge is 0.416 e. The van der Waals surface area contributed by atoms with E-state index in [4.69, 9.17) is 0 Å². The Kier molecular flexibility index (Phi) is 7.23. The average Bonchev–Trinajstić information content (AvgIpc) is 3.28. The lowest BCUT2D eigenvalue weighted by Crippen LogP contribution is -2.25. The number of nitrogens with zero attached hydrogens (tertiary/aromatic N) is 1. The topological polar surface area (TPSA) is 98.7 Å². The molecule has 5 rings (SSSR count). The maximum Gasteiger partial charge on any atom is 0.416 e. The van der Waals surface area contributed by atoms with Crippen LogP contribution < -0.4 is 15.5 Å². The number of carboxylic acid groups (broad SMARTS) is 1. The number of amides is 3. The van der Waals surface area contributed by atoms with Crippen molar-refractivity contribution >= 4 is 35.0 Å². The molecule has 208 valence electrons. The van der Waals surface area contributed by atoms with Gasteiger partial charge in [0.15, 0.2) is 0 Å². The molecule has 0 bridgehead atoms. The van der Waals surface area contributed by atoms with Crippen molar-refractivity contribution in [2.75, 3.05) is 15.5 Å². The van der Waals surface area contributed by atoms with Crippen LogP contribution in [0.5, 0.6) is 0 Å². The predicted octanol–water partition coefficient (Wildman–Crippen LogP) is 7.36. The van der Waals surface area contributed by atoms with Gasteiger partial charge < -0.3 is 20.6 Å². The predicted molar refractivity (Wildman–Crippen MR) is 149 cm³/mol. The molecule has 4 aromatic rings. The van der Waals surface area contributed by atoms with Gasteiger partial charge in [-0.1, -0.05) is 42.5 Å². The molecule has 1 atom stereocenters. The molecular weight excluding hydrogens is 535 g/mol. The van der Waals surface area contributed by atoms with Crippen molar-refractivity contribution in [2.24, 2.45) is 0 Å². The molecule has 1 aliphatic heterocycles. The van der Waals surface area contributed by atoms with Crippen molar-refractivity contribution in [1.82, 2.24) is 0 Å². The number of anilines is 3. The molecule has 0 aromatic heterocycles. The first kappa shape index (κ1) is 27.4. The summed E-state index contributed by atoms with van der Waals surface area (Å²) < 4.78 is 38.8. The Hall–Kier alpha value is -5.12. The second kappa shape index (κ2) is 10.8. The third-order valence-electron chi connectivity index (χ3n) is 6.90. The maximum absolute atomic E-state index is 13.2. The molecular formula is C31H24F3N3O4. The van der Waals surface area contributed by atoms with Gasteiger partial charge in [-0.2, -0.15) is 13.2 Å². The molecule has 0 unspecified atom stereocenters. The van der Waals surface area contributed by atoms with Crippen LogP contribution in [-0.2, 0) is 17.5 Å². The van der Waals surface area contributed by atoms with E-state index in [0.717, 1.165) is 28.8 Å². The Morgan fingerprint density at radius 1 is 0.854 bits per heavy atom. The fourth-order valence-electron chi connectivity index (χ4n) is 4.74. The van der Waals surface area contributed by atoms with Crippen LogP contribution in [0.1, 0.15) is 39.9 Å². The van der Waals surface area contributed by atoms with Crippen molar-refractivity contribution in [3.63, 3.8) is 0 Å². The van der Waals surface area contributed by atoms with Gasteiger partial charge in [0.05, 0.1) is 18.0 Å². The largest absolute Gasteiger partial charge is 0.481 e. The molecule has 7 nitrogen and oxygen atoms in total. The minimum absolute atomic E-state index is 0.00992. The van der Waals surface area contributed by atoms with E-state index in [1.807, 2.05) is 12.1 Å². The average molecular weight is 560 g/mol. The van der Waals surface area contributed by atoms with E-state index in [0.29, 0.717) is 29.0 Å². The van der Waals surface area contributed by atoms with Crippen molar-refractivity contribution in [3.05, 3.63) is 113 Å². The van der Waals surface area contributed by atoms with E-state index in [2.05, 4.69) is 10.6 Å². The number of nitrogens with one attached hydrogen (secondary N) is 2. The van der Waals surface area contributed by atoms with E-state index in [-0.39, 0.29) is 11.6 Å². The van der Waals surface area contributed by atoms with Crippen LogP contribution in [0.3, 0.4) is 0 Å². The Labute approximate surface area is 233 Å². The first-order chi connectivity index (χ1) is 19.5. The number of rotatable bonds is 6. The Morgan fingerprint density at radius 3 is 2.24 bits per heavy atom. The number of hydrogen-bond acceptors (Lipinski definition) is 3. The monoisotopic (exact) mass is 559 g/mol. The van der Waals surface area contributed by atoms with E-state index < -0.39 is 29.7 Å². The number of aliphatic carboxylic acids is 1. The highest BCUT2D eigenvalue weighted by atomic mass is 19.4.